The lowest BCUT2D eigenvalue weighted by molar-refractivity contribution is -0.151. The highest BCUT2D eigenvalue weighted by Crippen LogP contribution is 2.18. The summed E-state index contributed by atoms with van der Waals surface area (Å²) in [5, 5.41) is 23.8. The molecular formula is C59H107NO5. The maximum Gasteiger partial charge on any atom is 0.306 e. The van der Waals surface area contributed by atoms with Crippen molar-refractivity contribution in [3.05, 3.63) is 60.8 Å². The number of hydrogen-bond acceptors (Lipinski definition) is 5. The van der Waals surface area contributed by atoms with Gasteiger partial charge in [0.15, 0.2) is 0 Å². The summed E-state index contributed by atoms with van der Waals surface area (Å²) in [7, 11) is 0. The molecule has 0 saturated carbocycles. The van der Waals surface area contributed by atoms with Gasteiger partial charge in [0.05, 0.1) is 25.2 Å². The van der Waals surface area contributed by atoms with E-state index in [2.05, 4.69) is 62.5 Å². The molecule has 3 atom stereocenters. The molecule has 0 radical (unpaired) electrons. The van der Waals surface area contributed by atoms with E-state index in [1.54, 1.807) is 0 Å². The predicted octanol–water partition coefficient (Wildman–Crippen LogP) is 17.2. The van der Waals surface area contributed by atoms with Gasteiger partial charge in [-0.15, -0.1) is 0 Å². The van der Waals surface area contributed by atoms with Crippen LogP contribution in [0.25, 0.3) is 0 Å². The second kappa shape index (κ2) is 52.5. The number of unbranched alkanes of at least 4 members (excludes halogenated alkanes) is 31. The first kappa shape index (κ1) is 62.6. The molecule has 65 heavy (non-hydrogen) atoms. The van der Waals surface area contributed by atoms with Crippen LogP contribution in [0.5, 0.6) is 0 Å². The zero-order chi connectivity index (χ0) is 47.4. The fourth-order valence-electron chi connectivity index (χ4n) is 8.44. The van der Waals surface area contributed by atoms with Crippen LogP contribution in [-0.4, -0.2) is 46.9 Å². The molecule has 0 spiro atoms. The largest absolute Gasteiger partial charge is 0.462 e. The van der Waals surface area contributed by atoms with E-state index in [9.17, 15) is 19.8 Å². The second-order valence-corrected chi connectivity index (χ2v) is 19.0. The number of aliphatic hydroxyl groups excluding tert-OH is 2. The number of rotatable bonds is 50. The Balaban J connectivity index is 4.57. The first-order chi connectivity index (χ1) is 32.0. The van der Waals surface area contributed by atoms with Crippen LogP contribution in [0, 0.1) is 0 Å². The number of allylic oxidation sites excluding steroid dienone is 10. The van der Waals surface area contributed by atoms with Crippen molar-refractivity contribution in [2.24, 2.45) is 0 Å². The van der Waals surface area contributed by atoms with E-state index in [0.717, 1.165) is 77.0 Å². The molecule has 0 aromatic heterocycles. The molecule has 0 heterocycles. The molecule has 0 aromatic rings. The Labute approximate surface area is 403 Å². The molecule has 0 fully saturated rings. The maximum absolute atomic E-state index is 13.2. The van der Waals surface area contributed by atoms with E-state index in [1.165, 1.54) is 154 Å². The minimum absolute atomic E-state index is 0.0478. The van der Waals surface area contributed by atoms with Gasteiger partial charge in [-0.3, -0.25) is 9.59 Å². The molecule has 0 saturated heterocycles. The number of carbonyl (C=O) groups is 2. The van der Waals surface area contributed by atoms with Gasteiger partial charge in [0.2, 0.25) is 5.91 Å². The lowest BCUT2D eigenvalue weighted by Gasteiger charge is -2.24. The number of esters is 1. The van der Waals surface area contributed by atoms with Gasteiger partial charge >= 0.3 is 5.97 Å². The summed E-state index contributed by atoms with van der Waals surface area (Å²) in [4.78, 5) is 26.2. The van der Waals surface area contributed by atoms with Crippen molar-refractivity contribution in [2.45, 2.75) is 296 Å². The van der Waals surface area contributed by atoms with Crippen molar-refractivity contribution in [3.63, 3.8) is 0 Å². The third kappa shape index (κ3) is 47.8. The van der Waals surface area contributed by atoms with Crippen LogP contribution in [0.3, 0.4) is 0 Å². The van der Waals surface area contributed by atoms with Gasteiger partial charge in [0.25, 0.3) is 0 Å². The van der Waals surface area contributed by atoms with Crippen molar-refractivity contribution in [2.75, 3.05) is 6.61 Å². The van der Waals surface area contributed by atoms with Gasteiger partial charge in [0.1, 0.15) is 6.10 Å². The average Bonchev–Trinajstić information content (AvgIpc) is 3.30. The average molecular weight is 911 g/mol. The van der Waals surface area contributed by atoms with Crippen LogP contribution in [0.1, 0.15) is 278 Å². The number of nitrogens with one attached hydrogen (secondary N) is 1. The van der Waals surface area contributed by atoms with Gasteiger partial charge in [-0.1, -0.05) is 255 Å². The van der Waals surface area contributed by atoms with Crippen molar-refractivity contribution >= 4 is 11.9 Å². The number of amides is 1. The second-order valence-electron chi connectivity index (χ2n) is 19.0. The number of ether oxygens (including phenoxy) is 1. The summed E-state index contributed by atoms with van der Waals surface area (Å²) < 4.78 is 5.93. The Morgan fingerprint density at radius 3 is 1.32 bits per heavy atom. The van der Waals surface area contributed by atoms with Crippen LogP contribution in [0.15, 0.2) is 60.8 Å². The lowest BCUT2D eigenvalue weighted by atomic mass is 10.0. The van der Waals surface area contributed by atoms with Gasteiger partial charge < -0.3 is 20.3 Å². The molecule has 0 aliphatic rings. The molecule has 6 nitrogen and oxygen atoms in total. The van der Waals surface area contributed by atoms with E-state index in [0.29, 0.717) is 19.3 Å². The van der Waals surface area contributed by atoms with Crippen LogP contribution in [0.2, 0.25) is 0 Å². The number of hydrogen-bond donors (Lipinski definition) is 3. The summed E-state index contributed by atoms with van der Waals surface area (Å²) >= 11 is 0. The summed E-state index contributed by atoms with van der Waals surface area (Å²) in [6.45, 7) is 6.35. The minimum Gasteiger partial charge on any atom is -0.462 e. The molecule has 0 aromatic carbocycles. The SMILES string of the molecule is CC/C=C/C=C/C=C/C=C\CCCCCC(CC(=O)NC(CO)C(O)CCCCCCCCCCCCCCCCC)OC(=O)CCCCCCC/C=C/CCCCCCCCCCC. The van der Waals surface area contributed by atoms with Crippen molar-refractivity contribution in [3.8, 4) is 0 Å². The van der Waals surface area contributed by atoms with Crippen LogP contribution in [0.4, 0.5) is 0 Å². The first-order valence-corrected chi connectivity index (χ1v) is 28.1. The van der Waals surface area contributed by atoms with Crippen LogP contribution < -0.4 is 5.32 Å². The van der Waals surface area contributed by atoms with Gasteiger partial charge in [0, 0.05) is 6.42 Å². The summed E-state index contributed by atoms with van der Waals surface area (Å²) in [6, 6.07) is -0.718. The summed E-state index contributed by atoms with van der Waals surface area (Å²) in [5.41, 5.74) is 0. The number of aliphatic hydroxyl groups is 2. The third-order valence-electron chi connectivity index (χ3n) is 12.7. The molecule has 0 rings (SSSR count). The quantitative estimate of drug-likeness (QED) is 0.0245. The van der Waals surface area contributed by atoms with Crippen molar-refractivity contribution in [1.29, 1.82) is 0 Å². The third-order valence-corrected chi connectivity index (χ3v) is 12.7. The fraction of sp³-hybridized carbons (Fsp3) is 0.797. The molecule has 3 N–H and O–H groups in total. The Hall–Kier alpha value is -2.44. The standard InChI is InChI=1S/C59H107NO5/c1-4-7-10-13-16-19-22-25-27-28-29-31-34-37-40-43-46-49-52-59(64)65-55(50-47-44-41-38-35-32-24-21-18-15-12-9-6-3)53-58(63)60-56(54-61)57(62)51-48-45-42-39-36-33-30-26-23-20-17-14-11-8-5-2/h9,12,15,18,21,24,29,31-32,35,55-57,61-62H,4-8,10-11,13-14,16-17,19-20,22-23,25-28,30,33-34,36-54H2,1-3H3,(H,60,63)/b12-9+,18-15+,24-21+,31-29+,35-32-. The summed E-state index contributed by atoms with van der Waals surface area (Å²) in [5.74, 6) is -0.517. The molecule has 378 valence electrons. The highest BCUT2D eigenvalue weighted by Gasteiger charge is 2.24. The smallest absolute Gasteiger partial charge is 0.306 e. The minimum atomic E-state index is -0.802. The molecule has 0 aliphatic carbocycles. The molecule has 0 bridgehead atoms. The van der Waals surface area contributed by atoms with Gasteiger partial charge in [-0.05, 0) is 70.6 Å². The Morgan fingerprint density at radius 2 is 0.846 bits per heavy atom. The van der Waals surface area contributed by atoms with Gasteiger partial charge in [-0.2, -0.15) is 0 Å². The highest BCUT2D eigenvalue weighted by atomic mass is 16.5. The van der Waals surface area contributed by atoms with E-state index >= 15 is 0 Å². The van der Waals surface area contributed by atoms with Crippen LogP contribution in [-0.2, 0) is 14.3 Å². The topological polar surface area (TPSA) is 95.9 Å². The van der Waals surface area contributed by atoms with E-state index in [4.69, 9.17) is 4.74 Å². The fourth-order valence-corrected chi connectivity index (χ4v) is 8.44. The predicted molar refractivity (Wildman–Crippen MR) is 282 cm³/mol. The normalized spacial score (nSPS) is 13.6. The molecule has 3 unspecified atom stereocenters. The monoisotopic (exact) mass is 910 g/mol. The Bertz CT molecular complexity index is 1160. The zero-order valence-corrected chi connectivity index (χ0v) is 43.1. The molecule has 1 amide bonds. The zero-order valence-electron chi connectivity index (χ0n) is 43.1. The molecule has 0 aliphatic heterocycles. The van der Waals surface area contributed by atoms with Crippen LogP contribution >= 0.6 is 0 Å². The van der Waals surface area contributed by atoms with E-state index in [-0.39, 0.29) is 24.9 Å². The Morgan fingerprint density at radius 1 is 0.462 bits per heavy atom. The first-order valence-electron chi connectivity index (χ1n) is 28.1. The van der Waals surface area contributed by atoms with E-state index in [1.807, 2.05) is 24.3 Å². The number of carbonyl (C=O) groups excluding carboxylic acids is 2. The summed E-state index contributed by atoms with van der Waals surface area (Å²) in [6.07, 6.45) is 65.7. The van der Waals surface area contributed by atoms with Crippen molar-refractivity contribution < 1.29 is 24.5 Å². The maximum atomic E-state index is 13.2. The van der Waals surface area contributed by atoms with E-state index < -0.39 is 18.2 Å². The Kier molecular flexibility index (Phi) is 50.6. The lowest BCUT2D eigenvalue weighted by Crippen LogP contribution is -2.46. The molecule has 6 heteroatoms. The highest BCUT2D eigenvalue weighted by molar-refractivity contribution is 5.77. The molecular weight excluding hydrogens is 803 g/mol. The van der Waals surface area contributed by atoms with Gasteiger partial charge in [-0.25, -0.2) is 0 Å². The van der Waals surface area contributed by atoms with Crippen molar-refractivity contribution in [1.82, 2.24) is 5.32 Å².